The van der Waals surface area contributed by atoms with Gasteiger partial charge in [-0.1, -0.05) is 40.6 Å². The van der Waals surface area contributed by atoms with Crippen LogP contribution in [0.1, 0.15) is 11.5 Å². The van der Waals surface area contributed by atoms with Crippen LogP contribution < -0.4 is 0 Å². The third kappa shape index (κ3) is 1.89. The zero-order valence-electron chi connectivity index (χ0n) is 8.79. The maximum absolute atomic E-state index is 8.29. The fourth-order valence-corrected chi connectivity index (χ4v) is 1.60. The molecule has 5 heteroatoms. The van der Waals surface area contributed by atoms with Gasteiger partial charge in [0.2, 0.25) is 0 Å². The van der Waals surface area contributed by atoms with E-state index in [0.717, 1.165) is 16.8 Å². The summed E-state index contributed by atoms with van der Waals surface area (Å²) in [5, 5.41) is 7.38. The second-order valence-electron chi connectivity index (χ2n) is 3.32. The monoisotopic (exact) mass is 214 g/mol. The molecule has 1 aromatic heterocycles. The smallest absolute Gasteiger partial charge is 0.150 e. The van der Waals surface area contributed by atoms with Gasteiger partial charge >= 0.3 is 0 Å². The molecule has 0 fully saturated rings. The van der Waals surface area contributed by atoms with E-state index in [0.29, 0.717) is 5.76 Å². The minimum Gasteiger partial charge on any atom is -0.360 e. The molecule has 16 heavy (non-hydrogen) atoms. The lowest BCUT2D eigenvalue weighted by Crippen LogP contribution is -1.84. The van der Waals surface area contributed by atoms with Crippen LogP contribution in [0.15, 0.2) is 40.0 Å². The standard InChI is InChI=1S/C11H10N4O/c1-8-11(9-5-3-2-4-6-9)10(16-14-8)7-13-15-12/h2-6H,7H2,1H3. The van der Waals surface area contributed by atoms with Gasteiger partial charge in [-0.25, -0.2) is 0 Å². The van der Waals surface area contributed by atoms with Gasteiger partial charge in [-0.15, -0.1) is 0 Å². The Kier molecular flexibility index (Phi) is 2.89. The van der Waals surface area contributed by atoms with Crippen molar-refractivity contribution < 1.29 is 4.52 Å². The topological polar surface area (TPSA) is 74.8 Å². The molecule has 0 unspecified atom stereocenters. The molecule has 0 radical (unpaired) electrons. The van der Waals surface area contributed by atoms with Crippen LogP contribution in [0.3, 0.4) is 0 Å². The minimum absolute atomic E-state index is 0.182. The van der Waals surface area contributed by atoms with E-state index in [2.05, 4.69) is 15.2 Å². The molecule has 5 nitrogen and oxygen atoms in total. The van der Waals surface area contributed by atoms with Crippen LogP contribution in [0.5, 0.6) is 0 Å². The molecular formula is C11H10N4O. The highest BCUT2D eigenvalue weighted by atomic mass is 16.5. The van der Waals surface area contributed by atoms with Crippen molar-refractivity contribution in [2.45, 2.75) is 13.5 Å². The molecule has 1 aromatic carbocycles. The minimum atomic E-state index is 0.182. The van der Waals surface area contributed by atoms with E-state index in [-0.39, 0.29) is 6.54 Å². The highest BCUT2D eigenvalue weighted by Crippen LogP contribution is 2.27. The number of aromatic nitrogens is 1. The largest absolute Gasteiger partial charge is 0.360 e. The third-order valence-electron chi connectivity index (χ3n) is 2.27. The molecule has 0 atom stereocenters. The summed E-state index contributed by atoms with van der Waals surface area (Å²) in [6.45, 7) is 2.05. The highest BCUT2D eigenvalue weighted by molar-refractivity contribution is 5.67. The number of hydrogen-bond donors (Lipinski definition) is 0. The molecule has 0 amide bonds. The van der Waals surface area contributed by atoms with Crippen LogP contribution >= 0.6 is 0 Å². The first-order valence-corrected chi connectivity index (χ1v) is 4.84. The molecule has 2 aromatic rings. The van der Waals surface area contributed by atoms with Crippen LogP contribution in [0.4, 0.5) is 0 Å². The molecule has 2 rings (SSSR count). The molecule has 0 bridgehead atoms. The van der Waals surface area contributed by atoms with E-state index >= 15 is 0 Å². The summed E-state index contributed by atoms with van der Waals surface area (Å²) >= 11 is 0. The van der Waals surface area contributed by atoms with Crippen molar-refractivity contribution >= 4 is 0 Å². The lowest BCUT2D eigenvalue weighted by molar-refractivity contribution is 0.381. The van der Waals surface area contributed by atoms with Gasteiger partial charge in [0.05, 0.1) is 12.2 Å². The molecule has 0 spiro atoms. The van der Waals surface area contributed by atoms with Gasteiger partial charge in [0.15, 0.2) is 5.76 Å². The number of nitrogens with zero attached hydrogens (tertiary/aromatic N) is 4. The Balaban J connectivity index is 2.47. The van der Waals surface area contributed by atoms with E-state index in [1.165, 1.54) is 0 Å². The fourth-order valence-electron chi connectivity index (χ4n) is 1.60. The second-order valence-corrected chi connectivity index (χ2v) is 3.32. The molecule has 80 valence electrons. The molecule has 0 aliphatic rings. The van der Waals surface area contributed by atoms with Gasteiger partial charge in [-0.3, -0.25) is 0 Å². The van der Waals surface area contributed by atoms with Crippen LogP contribution in [0.25, 0.3) is 21.6 Å². The Bertz CT molecular complexity index is 526. The number of benzene rings is 1. The van der Waals surface area contributed by atoms with Crippen LogP contribution in [-0.4, -0.2) is 5.16 Å². The lowest BCUT2D eigenvalue weighted by Gasteiger charge is -1.99. The van der Waals surface area contributed by atoms with Crippen molar-refractivity contribution in [2.75, 3.05) is 0 Å². The van der Waals surface area contributed by atoms with Crippen molar-refractivity contribution in [3.8, 4) is 11.1 Å². The normalized spacial score (nSPS) is 9.81. The van der Waals surface area contributed by atoms with Gasteiger partial charge in [0.25, 0.3) is 0 Å². The van der Waals surface area contributed by atoms with Crippen molar-refractivity contribution in [3.05, 3.63) is 52.2 Å². The summed E-state index contributed by atoms with van der Waals surface area (Å²) < 4.78 is 5.14. The van der Waals surface area contributed by atoms with Crippen molar-refractivity contribution in [1.29, 1.82) is 0 Å². The Morgan fingerprint density at radius 3 is 2.81 bits per heavy atom. The summed E-state index contributed by atoms with van der Waals surface area (Å²) in [6, 6.07) is 9.77. The molecule has 1 heterocycles. The van der Waals surface area contributed by atoms with Crippen LogP contribution in [0.2, 0.25) is 0 Å². The van der Waals surface area contributed by atoms with Gasteiger partial charge in [-0.05, 0) is 18.0 Å². The first-order chi connectivity index (χ1) is 7.83. The van der Waals surface area contributed by atoms with E-state index < -0.39 is 0 Å². The number of rotatable bonds is 3. The number of aryl methyl sites for hydroxylation is 1. The number of azide groups is 1. The molecule has 0 saturated heterocycles. The Hall–Kier alpha value is -2.26. The molecule has 0 aliphatic heterocycles. The first-order valence-electron chi connectivity index (χ1n) is 4.84. The summed E-state index contributed by atoms with van der Waals surface area (Å²) in [7, 11) is 0. The zero-order valence-corrected chi connectivity index (χ0v) is 8.79. The Morgan fingerprint density at radius 2 is 2.12 bits per heavy atom. The fraction of sp³-hybridized carbons (Fsp3) is 0.182. The van der Waals surface area contributed by atoms with Crippen LogP contribution in [-0.2, 0) is 6.54 Å². The second kappa shape index (κ2) is 4.51. The predicted octanol–water partition coefficient (Wildman–Crippen LogP) is 3.46. The van der Waals surface area contributed by atoms with Gasteiger partial charge < -0.3 is 4.52 Å². The molecular weight excluding hydrogens is 204 g/mol. The quantitative estimate of drug-likeness (QED) is 0.445. The average Bonchev–Trinajstić information content (AvgIpc) is 2.69. The van der Waals surface area contributed by atoms with Gasteiger partial charge in [0.1, 0.15) is 0 Å². The molecule has 0 N–H and O–H groups in total. The zero-order chi connectivity index (χ0) is 11.4. The van der Waals surface area contributed by atoms with Gasteiger partial charge in [-0.2, -0.15) is 0 Å². The summed E-state index contributed by atoms with van der Waals surface area (Å²) in [4.78, 5) is 2.71. The summed E-state index contributed by atoms with van der Waals surface area (Å²) in [5.74, 6) is 0.599. The Labute approximate surface area is 92.3 Å². The van der Waals surface area contributed by atoms with E-state index in [4.69, 9.17) is 10.1 Å². The maximum Gasteiger partial charge on any atom is 0.150 e. The summed E-state index contributed by atoms with van der Waals surface area (Å²) in [6.07, 6.45) is 0. The maximum atomic E-state index is 8.29. The van der Waals surface area contributed by atoms with Gasteiger partial charge in [0, 0.05) is 10.5 Å². The van der Waals surface area contributed by atoms with E-state index in [9.17, 15) is 0 Å². The van der Waals surface area contributed by atoms with Crippen molar-refractivity contribution in [3.63, 3.8) is 0 Å². The van der Waals surface area contributed by atoms with Crippen molar-refractivity contribution in [2.24, 2.45) is 5.11 Å². The number of hydrogen-bond acceptors (Lipinski definition) is 3. The highest BCUT2D eigenvalue weighted by Gasteiger charge is 2.13. The Morgan fingerprint density at radius 1 is 1.38 bits per heavy atom. The first kappa shape index (κ1) is 10.3. The molecule has 0 aliphatic carbocycles. The van der Waals surface area contributed by atoms with E-state index in [1.54, 1.807) is 0 Å². The average molecular weight is 214 g/mol. The SMILES string of the molecule is Cc1noc(CN=[N+]=[N-])c1-c1ccccc1. The van der Waals surface area contributed by atoms with Crippen LogP contribution in [0, 0.1) is 6.92 Å². The molecule has 0 saturated carbocycles. The van der Waals surface area contributed by atoms with Crippen molar-refractivity contribution in [1.82, 2.24) is 5.16 Å². The predicted molar refractivity (Wildman–Crippen MR) is 59.5 cm³/mol. The lowest BCUT2D eigenvalue weighted by atomic mass is 10.0. The third-order valence-corrected chi connectivity index (χ3v) is 2.27. The van der Waals surface area contributed by atoms with E-state index in [1.807, 2.05) is 37.3 Å². The summed E-state index contributed by atoms with van der Waals surface area (Å²) in [5.41, 5.74) is 11.0.